The van der Waals surface area contributed by atoms with Crippen LogP contribution >= 0.6 is 0 Å². The lowest BCUT2D eigenvalue weighted by atomic mass is 10.0. The van der Waals surface area contributed by atoms with Crippen molar-refractivity contribution < 1.29 is 27.8 Å². The van der Waals surface area contributed by atoms with Crippen molar-refractivity contribution in [1.29, 1.82) is 0 Å². The molecule has 0 spiro atoms. The first kappa shape index (κ1) is 13.6. The van der Waals surface area contributed by atoms with Gasteiger partial charge >= 0.3 is 6.18 Å². The summed E-state index contributed by atoms with van der Waals surface area (Å²) in [6.45, 7) is 1.65. The van der Waals surface area contributed by atoms with Crippen molar-refractivity contribution in [2.75, 3.05) is 14.2 Å². The van der Waals surface area contributed by atoms with E-state index in [2.05, 4.69) is 0 Å². The van der Waals surface area contributed by atoms with E-state index in [9.17, 15) is 13.2 Å². The molecular formula is C11H13F3O3. The summed E-state index contributed by atoms with van der Waals surface area (Å²) in [7, 11) is 2.68. The molecule has 6 heteroatoms. The minimum Gasteiger partial charge on any atom is -0.496 e. The molecule has 0 unspecified atom stereocenters. The van der Waals surface area contributed by atoms with Gasteiger partial charge in [0.25, 0.3) is 0 Å². The average Bonchev–Trinajstić information content (AvgIpc) is 2.27. The van der Waals surface area contributed by atoms with Gasteiger partial charge in [0.1, 0.15) is 11.5 Å². The van der Waals surface area contributed by atoms with Crippen molar-refractivity contribution in [2.45, 2.75) is 19.2 Å². The lowest BCUT2D eigenvalue weighted by molar-refractivity contribution is -0.206. The largest absolute Gasteiger partial charge is 0.496 e. The number of methoxy groups -OCH3 is 2. The zero-order chi connectivity index (χ0) is 13.2. The Labute approximate surface area is 96.8 Å². The molecule has 0 fully saturated rings. The number of benzene rings is 1. The van der Waals surface area contributed by atoms with E-state index < -0.39 is 12.3 Å². The minimum atomic E-state index is -4.72. The van der Waals surface area contributed by atoms with Gasteiger partial charge in [-0.25, -0.2) is 0 Å². The summed E-state index contributed by atoms with van der Waals surface area (Å²) in [5.41, 5.74) is 0.268. The Hall–Kier alpha value is -1.43. The standard InChI is InChI=1S/C11H13F3O3/c1-6-8(16-2)4-7(5-9(6)17-3)10(15)11(12,13)14/h4-5,10,15H,1-3H3/t10-/m0/s1. The maximum atomic E-state index is 12.4. The number of alkyl halides is 3. The van der Waals surface area contributed by atoms with E-state index in [1.807, 2.05) is 0 Å². The second kappa shape index (κ2) is 4.83. The summed E-state index contributed by atoms with van der Waals surface area (Å²) in [6, 6.07) is 2.30. The van der Waals surface area contributed by atoms with Crippen LogP contribution in [0.15, 0.2) is 12.1 Å². The first-order valence-electron chi connectivity index (χ1n) is 4.78. The maximum Gasteiger partial charge on any atom is 0.418 e. The topological polar surface area (TPSA) is 38.7 Å². The highest BCUT2D eigenvalue weighted by Crippen LogP contribution is 2.38. The van der Waals surface area contributed by atoms with Gasteiger partial charge in [-0.1, -0.05) is 0 Å². The molecule has 0 bridgehead atoms. The average molecular weight is 250 g/mol. The Morgan fingerprint density at radius 2 is 1.53 bits per heavy atom. The number of hydrogen-bond acceptors (Lipinski definition) is 3. The fourth-order valence-electron chi connectivity index (χ4n) is 1.45. The Morgan fingerprint density at radius 1 is 1.12 bits per heavy atom. The van der Waals surface area contributed by atoms with E-state index in [1.54, 1.807) is 6.92 Å². The number of hydrogen-bond donors (Lipinski definition) is 1. The van der Waals surface area contributed by atoms with Gasteiger partial charge in [0.05, 0.1) is 14.2 Å². The zero-order valence-electron chi connectivity index (χ0n) is 9.63. The highest BCUT2D eigenvalue weighted by Gasteiger charge is 2.40. The molecule has 0 saturated heterocycles. The molecule has 17 heavy (non-hydrogen) atoms. The van der Waals surface area contributed by atoms with E-state index >= 15 is 0 Å². The molecule has 0 heterocycles. The monoisotopic (exact) mass is 250 g/mol. The molecule has 1 aromatic carbocycles. The fourth-order valence-corrected chi connectivity index (χ4v) is 1.45. The lowest BCUT2D eigenvalue weighted by Gasteiger charge is -2.18. The highest BCUT2D eigenvalue weighted by atomic mass is 19.4. The normalized spacial score (nSPS) is 13.4. The molecular weight excluding hydrogens is 237 g/mol. The van der Waals surface area contributed by atoms with Crippen LogP contribution in [0.3, 0.4) is 0 Å². The molecule has 0 aromatic heterocycles. The number of halogens is 3. The molecule has 0 radical (unpaired) electrons. The molecule has 1 N–H and O–H groups in total. The smallest absolute Gasteiger partial charge is 0.418 e. The van der Waals surface area contributed by atoms with Crippen LogP contribution in [0.5, 0.6) is 11.5 Å². The first-order valence-corrected chi connectivity index (χ1v) is 4.78. The summed E-state index contributed by atoms with van der Waals surface area (Å²) >= 11 is 0. The van der Waals surface area contributed by atoms with Crippen molar-refractivity contribution in [2.24, 2.45) is 0 Å². The van der Waals surface area contributed by atoms with Crippen molar-refractivity contribution >= 4 is 0 Å². The van der Waals surface area contributed by atoms with Crippen LogP contribution in [-0.2, 0) is 0 Å². The summed E-state index contributed by atoms with van der Waals surface area (Å²) < 4.78 is 47.0. The second-order valence-corrected chi connectivity index (χ2v) is 3.49. The van der Waals surface area contributed by atoms with Gasteiger partial charge in [0.15, 0.2) is 6.10 Å². The van der Waals surface area contributed by atoms with Gasteiger partial charge in [-0.2, -0.15) is 13.2 Å². The number of aliphatic hydroxyl groups excluding tert-OH is 1. The van der Waals surface area contributed by atoms with Gasteiger partial charge in [-0.3, -0.25) is 0 Å². The predicted octanol–water partition coefficient (Wildman–Crippen LogP) is 2.61. The van der Waals surface area contributed by atoms with E-state index in [-0.39, 0.29) is 17.1 Å². The van der Waals surface area contributed by atoms with Crippen molar-refractivity contribution in [3.8, 4) is 11.5 Å². The van der Waals surface area contributed by atoms with Crippen LogP contribution in [-0.4, -0.2) is 25.5 Å². The zero-order valence-corrected chi connectivity index (χ0v) is 9.63. The molecule has 1 rings (SSSR count). The highest BCUT2D eigenvalue weighted by molar-refractivity contribution is 5.48. The Bertz CT molecular complexity index is 376. The van der Waals surface area contributed by atoms with Gasteiger partial charge in [0.2, 0.25) is 0 Å². The molecule has 0 aliphatic rings. The van der Waals surface area contributed by atoms with Crippen LogP contribution in [0.4, 0.5) is 13.2 Å². The lowest BCUT2D eigenvalue weighted by Crippen LogP contribution is -2.20. The minimum absolute atomic E-state index is 0.239. The fraction of sp³-hybridized carbons (Fsp3) is 0.455. The van der Waals surface area contributed by atoms with E-state index in [1.165, 1.54) is 14.2 Å². The molecule has 1 aromatic rings. The van der Waals surface area contributed by atoms with Crippen LogP contribution in [0.1, 0.15) is 17.2 Å². The van der Waals surface area contributed by atoms with Crippen molar-refractivity contribution in [3.05, 3.63) is 23.3 Å². The van der Waals surface area contributed by atoms with Gasteiger partial charge in [0, 0.05) is 5.56 Å². The van der Waals surface area contributed by atoms with E-state index in [4.69, 9.17) is 14.6 Å². The van der Waals surface area contributed by atoms with E-state index in [0.717, 1.165) is 12.1 Å². The number of aliphatic hydroxyl groups is 1. The molecule has 0 saturated carbocycles. The summed E-state index contributed by atoms with van der Waals surface area (Å²) in [5, 5.41) is 9.15. The molecule has 0 amide bonds. The second-order valence-electron chi connectivity index (χ2n) is 3.49. The molecule has 3 nitrogen and oxygen atoms in total. The summed E-state index contributed by atoms with van der Waals surface area (Å²) in [4.78, 5) is 0. The van der Waals surface area contributed by atoms with Crippen molar-refractivity contribution in [1.82, 2.24) is 0 Å². The maximum absolute atomic E-state index is 12.4. The van der Waals surface area contributed by atoms with Gasteiger partial charge in [-0.15, -0.1) is 0 Å². The Morgan fingerprint density at radius 3 is 1.82 bits per heavy atom. The number of rotatable bonds is 3. The van der Waals surface area contributed by atoms with Crippen LogP contribution in [0, 0.1) is 6.92 Å². The van der Waals surface area contributed by atoms with Crippen molar-refractivity contribution in [3.63, 3.8) is 0 Å². The number of ether oxygens (including phenoxy) is 2. The molecule has 0 aliphatic heterocycles. The molecule has 96 valence electrons. The van der Waals surface area contributed by atoms with Crippen LogP contribution < -0.4 is 9.47 Å². The predicted molar refractivity (Wildman–Crippen MR) is 55.3 cm³/mol. The summed E-state index contributed by atoms with van der Waals surface area (Å²) in [5.74, 6) is 0.477. The van der Waals surface area contributed by atoms with E-state index in [0.29, 0.717) is 5.56 Å². The van der Waals surface area contributed by atoms with Gasteiger partial charge in [-0.05, 0) is 24.6 Å². The third-order valence-electron chi connectivity index (χ3n) is 2.40. The third kappa shape index (κ3) is 2.82. The SMILES string of the molecule is COc1cc([C@H](O)C(F)(F)F)cc(OC)c1C. The summed E-state index contributed by atoms with van der Waals surface area (Å²) in [6.07, 6.45) is -7.27. The first-order chi connectivity index (χ1) is 7.81. The van der Waals surface area contributed by atoms with Crippen LogP contribution in [0.25, 0.3) is 0 Å². The quantitative estimate of drug-likeness (QED) is 0.896. The Balaban J connectivity index is 3.27. The molecule has 1 atom stereocenters. The Kier molecular flexibility index (Phi) is 3.87. The molecule has 0 aliphatic carbocycles. The van der Waals surface area contributed by atoms with Crippen LogP contribution in [0.2, 0.25) is 0 Å². The van der Waals surface area contributed by atoms with Gasteiger partial charge < -0.3 is 14.6 Å². The third-order valence-corrected chi connectivity index (χ3v) is 2.40.